The van der Waals surface area contributed by atoms with E-state index < -0.39 is 18.0 Å². The second kappa shape index (κ2) is 4.98. The van der Waals surface area contributed by atoms with E-state index in [1.807, 2.05) is 0 Å². The summed E-state index contributed by atoms with van der Waals surface area (Å²) in [5.41, 5.74) is 0.939. The van der Waals surface area contributed by atoms with Gasteiger partial charge in [0, 0.05) is 5.92 Å². The number of allylic oxidation sites excluding steroid dienone is 2. The molecule has 0 saturated heterocycles. The first-order valence-corrected chi connectivity index (χ1v) is 5.64. The zero-order valence-electron chi connectivity index (χ0n) is 9.56. The lowest BCUT2D eigenvalue weighted by Gasteiger charge is -2.28. The normalized spacial score (nSPS) is 23.9. The molecule has 0 aliphatic heterocycles. The Morgan fingerprint density at radius 3 is 2.33 bits per heavy atom. The molecule has 0 spiro atoms. The minimum atomic E-state index is -4.31. The summed E-state index contributed by atoms with van der Waals surface area (Å²) in [6.07, 6.45) is -0.137. The topological polar surface area (TPSA) is 20.2 Å². The molecule has 18 heavy (non-hydrogen) atoms. The average molecular weight is 254 g/mol. The molecule has 0 heterocycles. The van der Waals surface area contributed by atoms with E-state index in [1.54, 1.807) is 36.4 Å². The van der Waals surface area contributed by atoms with Crippen LogP contribution in [0.5, 0.6) is 0 Å². The summed E-state index contributed by atoms with van der Waals surface area (Å²) in [6.45, 7) is -0.370. The molecule has 0 aromatic heterocycles. The van der Waals surface area contributed by atoms with Gasteiger partial charge in [0.25, 0.3) is 0 Å². The van der Waals surface area contributed by atoms with Crippen LogP contribution in [0.15, 0.2) is 54.1 Å². The highest BCUT2D eigenvalue weighted by molar-refractivity contribution is 5.35. The van der Waals surface area contributed by atoms with Crippen LogP contribution < -0.4 is 0 Å². The van der Waals surface area contributed by atoms with Crippen molar-refractivity contribution in [1.82, 2.24) is 0 Å². The lowest BCUT2D eigenvalue weighted by atomic mass is 9.81. The Hall–Kier alpha value is -1.55. The highest BCUT2D eigenvalue weighted by Crippen LogP contribution is 2.42. The van der Waals surface area contributed by atoms with Gasteiger partial charge in [-0.3, -0.25) is 0 Å². The maximum absolute atomic E-state index is 13.0. The van der Waals surface area contributed by atoms with Gasteiger partial charge in [-0.25, -0.2) is 0 Å². The molecule has 0 radical (unpaired) electrons. The fraction of sp³-hybridized carbons (Fsp3) is 0.286. The maximum atomic E-state index is 13.0. The van der Waals surface area contributed by atoms with Crippen LogP contribution in [0.3, 0.4) is 0 Å². The van der Waals surface area contributed by atoms with Crippen molar-refractivity contribution in [3.8, 4) is 0 Å². The predicted molar refractivity (Wildman–Crippen MR) is 63.0 cm³/mol. The molecule has 1 aromatic carbocycles. The van der Waals surface area contributed by atoms with Crippen LogP contribution in [0, 0.1) is 5.92 Å². The first-order chi connectivity index (χ1) is 8.52. The van der Waals surface area contributed by atoms with Crippen molar-refractivity contribution in [3.63, 3.8) is 0 Å². The van der Waals surface area contributed by atoms with Gasteiger partial charge in [-0.05, 0) is 11.1 Å². The second-order valence-electron chi connectivity index (χ2n) is 4.26. The maximum Gasteiger partial charge on any atom is 0.396 e. The summed E-state index contributed by atoms with van der Waals surface area (Å²) < 4.78 is 39.1. The molecule has 1 N–H and O–H groups in total. The summed E-state index contributed by atoms with van der Waals surface area (Å²) in [5, 5.41) is 8.94. The molecule has 2 unspecified atom stereocenters. The summed E-state index contributed by atoms with van der Waals surface area (Å²) >= 11 is 0. The van der Waals surface area contributed by atoms with Crippen molar-refractivity contribution in [3.05, 3.63) is 59.7 Å². The number of aliphatic hydroxyl groups is 1. The molecular weight excluding hydrogens is 241 g/mol. The lowest BCUT2D eigenvalue weighted by Crippen LogP contribution is -2.28. The Labute approximate surface area is 103 Å². The highest BCUT2D eigenvalue weighted by Gasteiger charge is 2.43. The molecule has 0 amide bonds. The Kier molecular flexibility index (Phi) is 3.57. The minimum absolute atomic E-state index is 0.310. The van der Waals surface area contributed by atoms with Crippen molar-refractivity contribution in [1.29, 1.82) is 0 Å². The average Bonchev–Trinajstić information content (AvgIpc) is 2.38. The number of alkyl halides is 3. The van der Waals surface area contributed by atoms with Crippen LogP contribution in [0.2, 0.25) is 0 Å². The molecule has 96 valence electrons. The van der Waals surface area contributed by atoms with Gasteiger partial charge in [-0.1, -0.05) is 48.6 Å². The fourth-order valence-corrected chi connectivity index (χ4v) is 2.13. The smallest absolute Gasteiger partial charge is 0.392 e. The first-order valence-electron chi connectivity index (χ1n) is 5.64. The molecule has 0 fully saturated rings. The quantitative estimate of drug-likeness (QED) is 0.857. The largest absolute Gasteiger partial charge is 0.396 e. The van der Waals surface area contributed by atoms with Crippen molar-refractivity contribution >= 4 is 0 Å². The summed E-state index contributed by atoms with van der Waals surface area (Å²) in [4.78, 5) is 0. The van der Waals surface area contributed by atoms with E-state index in [1.165, 1.54) is 6.08 Å². The molecule has 1 aliphatic carbocycles. The van der Waals surface area contributed by atoms with Crippen LogP contribution in [-0.2, 0) is 0 Å². The van der Waals surface area contributed by atoms with Gasteiger partial charge in [0.15, 0.2) is 0 Å². The van der Waals surface area contributed by atoms with Crippen LogP contribution >= 0.6 is 0 Å². The van der Waals surface area contributed by atoms with E-state index >= 15 is 0 Å². The van der Waals surface area contributed by atoms with Gasteiger partial charge >= 0.3 is 6.18 Å². The Morgan fingerprint density at radius 2 is 1.78 bits per heavy atom. The summed E-state index contributed by atoms with van der Waals surface area (Å²) in [7, 11) is 0. The van der Waals surface area contributed by atoms with Gasteiger partial charge < -0.3 is 5.11 Å². The van der Waals surface area contributed by atoms with Crippen LogP contribution in [0.25, 0.3) is 0 Å². The number of rotatable bonds is 2. The van der Waals surface area contributed by atoms with E-state index in [4.69, 9.17) is 5.11 Å². The van der Waals surface area contributed by atoms with E-state index in [0.717, 1.165) is 6.08 Å². The Balaban J connectivity index is 2.36. The number of benzene rings is 1. The van der Waals surface area contributed by atoms with Crippen molar-refractivity contribution in [2.24, 2.45) is 5.92 Å². The van der Waals surface area contributed by atoms with E-state index in [0.29, 0.717) is 11.1 Å². The van der Waals surface area contributed by atoms with Gasteiger partial charge in [-0.2, -0.15) is 13.2 Å². The van der Waals surface area contributed by atoms with E-state index in [-0.39, 0.29) is 6.61 Å². The molecule has 1 nitrogen and oxygen atoms in total. The van der Waals surface area contributed by atoms with Crippen molar-refractivity contribution in [2.75, 3.05) is 6.61 Å². The first kappa shape index (κ1) is 12.9. The van der Waals surface area contributed by atoms with E-state index in [9.17, 15) is 13.2 Å². The van der Waals surface area contributed by atoms with Gasteiger partial charge in [0.1, 0.15) is 0 Å². The van der Waals surface area contributed by atoms with Crippen LogP contribution in [-0.4, -0.2) is 17.9 Å². The summed E-state index contributed by atoms with van der Waals surface area (Å²) in [5.74, 6) is -2.30. The molecule has 2 rings (SSSR count). The predicted octanol–water partition coefficient (Wildman–Crippen LogP) is 3.44. The molecular formula is C14H13F3O. The monoisotopic (exact) mass is 254 g/mol. The van der Waals surface area contributed by atoms with Crippen molar-refractivity contribution in [2.45, 2.75) is 12.1 Å². The fourth-order valence-electron chi connectivity index (χ4n) is 2.13. The molecule has 1 aromatic rings. The third-order valence-electron chi connectivity index (χ3n) is 3.04. The number of hydrogen-bond acceptors (Lipinski definition) is 1. The molecule has 1 aliphatic rings. The van der Waals surface area contributed by atoms with E-state index in [2.05, 4.69) is 0 Å². The Morgan fingerprint density at radius 1 is 1.11 bits per heavy atom. The third kappa shape index (κ3) is 2.64. The Bertz CT molecular complexity index is 460. The third-order valence-corrected chi connectivity index (χ3v) is 3.04. The minimum Gasteiger partial charge on any atom is -0.392 e. The number of hydrogen-bond donors (Lipinski definition) is 1. The van der Waals surface area contributed by atoms with Crippen LogP contribution in [0.4, 0.5) is 13.2 Å². The zero-order chi connectivity index (χ0) is 13.2. The lowest BCUT2D eigenvalue weighted by molar-refractivity contribution is -0.164. The van der Waals surface area contributed by atoms with Gasteiger partial charge in [0.05, 0.1) is 12.5 Å². The molecule has 0 bridgehead atoms. The molecule has 2 atom stereocenters. The molecule has 0 saturated carbocycles. The zero-order valence-corrected chi connectivity index (χ0v) is 9.56. The second-order valence-corrected chi connectivity index (χ2v) is 4.26. The molecule has 4 heteroatoms. The highest BCUT2D eigenvalue weighted by atomic mass is 19.4. The standard InChI is InChI=1S/C14H13F3O/c15-14(16,17)13-8-10(9-18)6-7-12(13)11-4-2-1-3-5-11/h1-8,12-13,18H,9H2. The van der Waals surface area contributed by atoms with Crippen LogP contribution in [0.1, 0.15) is 11.5 Å². The van der Waals surface area contributed by atoms with Gasteiger partial charge in [0.2, 0.25) is 0 Å². The number of aliphatic hydroxyl groups excluding tert-OH is 1. The van der Waals surface area contributed by atoms with Crippen molar-refractivity contribution < 1.29 is 18.3 Å². The summed E-state index contributed by atoms with van der Waals surface area (Å²) in [6, 6.07) is 8.59. The SMILES string of the molecule is OCC1=CC(C(F)(F)F)C(c2ccccc2)C=C1. The number of halogens is 3. The van der Waals surface area contributed by atoms with Gasteiger partial charge in [-0.15, -0.1) is 0 Å².